The van der Waals surface area contributed by atoms with Crippen molar-refractivity contribution in [2.24, 2.45) is 0 Å². The van der Waals surface area contributed by atoms with Crippen LogP contribution in [0.5, 0.6) is 0 Å². The van der Waals surface area contributed by atoms with E-state index in [9.17, 15) is 4.79 Å². The van der Waals surface area contributed by atoms with E-state index in [1.54, 1.807) is 22.7 Å². The second kappa shape index (κ2) is 6.63. The maximum absolute atomic E-state index is 12.4. The number of carbonyl (C=O) groups excluding carboxylic acids is 1. The number of alkyl carbamates (subject to hydrolysis) is 1. The molecule has 0 saturated carbocycles. The summed E-state index contributed by atoms with van der Waals surface area (Å²) in [7, 11) is 0. The summed E-state index contributed by atoms with van der Waals surface area (Å²) in [4.78, 5) is 13.5. The molecule has 2 N–H and O–H groups in total. The Morgan fingerprint density at radius 3 is 2.74 bits per heavy atom. The number of hydrogen-bond acceptors (Lipinski definition) is 5. The zero-order chi connectivity index (χ0) is 15.6. The van der Waals surface area contributed by atoms with Crippen molar-refractivity contribution in [3.05, 3.63) is 44.8 Å². The molecule has 0 aromatic carbocycles. The van der Waals surface area contributed by atoms with E-state index in [1.165, 1.54) is 12.8 Å². The smallest absolute Gasteiger partial charge is 0.408 e. The van der Waals surface area contributed by atoms with Gasteiger partial charge in [-0.1, -0.05) is 6.07 Å². The number of amides is 1. The Morgan fingerprint density at radius 1 is 1.26 bits per heavy atom. The number of piperidine rings is 1. The maximum Gasteiger partial charge on any atom is 0.408 e. The van der Waals surface area contributed by atoms with Crippen LogP contribution in [-0.2, 0) is 4.74 Å². The van der Waals surface area contributed by atoms with Crippen molar-refractivity contribution in [1.82, 2.24) is 10.6 Å². The second-order valence-electron chi connectivity index (χ2n) is 6.31. The van der Waals surface area contributed by atoms with E-state index in [0.29, 0.717) is 12.1 Å². The normalized spacial score (nSPS) is 27.6. The third-order valence-corrected chi connectivity index (χ3v) is 6.28. The molecule has 2 aliphatic rings. The number of carbonyl (C=O) groups is 1. The van der Waals surface area contributed by atoms with Crippen LogP contribution in [0.4, 0.5) is 4.79 Å². The average molecular weight is 348 g/mol. The minimum absolute atomic E-state index is 0.229. The van der Waals surface area contributed by atoms with Crippen LogP contribution < -0.4 is 10.6 Å². The summed E-state index contributed by atoms with van der Waals surface area (Å²) in [5.41, 5.74) is 1.04. The van der Waals surface area contributed by atoms with E-state index in [1.807, 2.05) is 34.3 Å². The van der Waals surface area contributed by atoms with Crippen molar-refractivity contribution in [1.29, 1.82) is 0 Å². The van der Waals surface area contributed by atoms with Gasteiger partial charge in [-0.15, -0.1) is 11.3 Å². The van der Waals surface area contributed by atoms with Crippen molar-refractivity contribution >= 4 is 28.8 Å². The molecule has 3 atom stereocenters. The van der Waals surface area contributed by atoms with Crippen LogP contribution in [0.15, 0.2) is 34.3 Å². The van der Waals surface area contributed by atoms with Gasteiger partial charge in [-0.3, -0.25) is 0 Å². The molecule has 23 heavy (non-hydrogen) atoms. The average Bonchev–Trinajstić information content (AvgIpc) is 3.27. The molecule has 2 saturated heterocycles. The molecule has 0 spiro atoms. The van der Waals surface area contributed by atoms with Gasteiger partial charge in [-0.2, -0.15) is 11.3 Å². The lowest BCUT2D eigenvalue weighted by Gasteiger charge is -2.29. The van der Waals surface area contributed by atoms with E-state index in [4.69, 9.17) is 4.74 Å². The Bertz CT molecular complexity index is 595. The molecule has 6 heteroatoms. The van der Waals surface area contributed by atoms with Gasteiger partial charge in [0.25, 0.3) is 0 Å². The number of thiophene rings is 2. The van der Waals surface area contributed by atoms with E-state index < -0.39 is 0 Å². The molecule has 3 unspecified atom stereocenters. The van der Waals surface area contributed by atoms with Crippen molar-refractivity contribution in [3.8, 4) is 0 Å². The molecule has 4 rings (SSSR count). The predicted octanol–water partition coefficient (Wildman–Crippen LogP) is 3.91. The Kier molecular flexibility index (Phi) is 4.37. The van der Waals surface area contributed by atoms with Gasteiger partial charge in [0, 0.05) is 28.6 Å². The Hall–Kier alpha value is -1.37. The highest BCUT2D eigenvalue weighted by atomic mass is 32.1. The largest absolute Gasteiger partial charge is 0.436 e. The highest BCUT2D eigenvalue weighted by Crippen LogP contribution is 2.31. The van der Waals surface area contributed by atoms with E-state index in [0.717, 1.165) is 23.3 Å². The summed E-state index contributed by atoms with van der Waals surface area (Å²) in [5.74, 6) is 0. The van der Waals surface area contributed by atoms with Gasteiger partial charge in [-0.05, 0) is 54.0 Å². The quantitative estimate of drug-likeness (QED) is 0.881. The molecule has 4 heterocycles. The summed E-state index contributed by atoms with van der Waals surface area (Å²) in [5, 5.41) is 12.7. The lowest BCUT2D eigenvalue weighted by atomic mass is 10.0. The van der Waals surface area contributed by atoms with Gasteiger partial charge in [0.15, 0.2) is 6.10 Å². The zero-order valence-corrected chi connectivity index (χ0v) is 14.4. The number of ether oxygens (including phenoxy) is 1. The number of rotatable bonds is 4. The summed E-state index contributed by atoms with van der Waals surface area (Å²) < 4.78 is 5.78. The lowest BCUT2D eigenvalue weighted by molar-refractivity contribution is 0.111. The van der Waals surface area contributed by atoms with Crippen LogP contribution in [0.1, 0.15) is 42.2 Å². The molecule has 4 nitrogen and oxygen atoms in total. The highest BCUT2D eigenvalue weighted by Gasteiger charge is 2.34. The molecule has 0 aliphatic carbocycles. The standard InChI is InChI=1S/C17H20N2O2S2/c20-17(19-14-8-12-3-4-13(9-14)18-12)21-16(11-5-7-22-10-11)15-2-1-6-23-15/h1-2,5-7,10,12-14,16,18H,3-4,8-9H2,(H,19,20). The molecule has 0 radical (unpaired) electrons. The Morgan fingerprint density at radius 2 is 2.09 bits per heavy atom. The minimum atomic E-state index is -0.306. The Balaban J connectivity index is 1.41. The summed E-state index contributed by atoms with van der Waals surface area (Å²) >= 11 is 3.24. The van der Waals surface area contributed by atoms with Crippen LogP contribution in [0.25, 0.3) is 0 Å². The lowest BCUT2D eigenvalue weighted by Crippen LogP contribution is -2.48. The third-order valence-electron chi connectivity index (χ3n) is 4.67. The molecule has 1 amide bonds. The first-order valence-corrected chi connectivity index (χ1v) is 9.89. The fourth-order valence-corrected chi connectivity index (χ4v) is 5.09. The topological polar surface area (TPSA) is 50.4 Å². The fraction of sp³-hybridized carbons (Fsp3) is 0.471. The summed E-state index contributed by atoms with van der Waals surface area (Å²) in [6.07, 6.45) is 3.86. The molecule has 2 aromatic heterocycles. The minimum Gasteiger partial charge on any atom is -0.436 e. The van der Waals surface area contributed by atoms with Gasteiger partial charge in [-0.25, -0.2) is 4.79 Å². The molecule has 2 bridgehead atoms. The van der Waals surface area contributed by atoms with E-state index >= 15 is 0 Å². The van der Waals surface area contributed by atoms with Gasteiger partial charge in [0.05, 0.1) is 0 Å². The monoisotopic (exact) mass is 348 g/mol. The first-order valence-electron chi connectivity index (χ1n) is 8.06. The van der Waals surface area contributed by atoms with E-state index in [-0.39, 0.29) is 18.2 Å². The van der Waals surface area contributed by atoms with Crippen LogP contribution in [0, 0.1) is 0 Å². The van der Waals surface area contributed by atoms with Crippen molar-refractivity contribution < 1.29 is 9.53 Å². The third kappa shape index (κ3) is 3.44. The zero-order valence-electron chi connectivity index (χ0n) is 12.7. The van der Waals surface area contributed by atoms with Crippen molar-refractivity contribution in [2.75, 3.05) is 0 Å². The first kappa shape index (κ1) is 15.2. The maximum atomic E-state index is 12.4. The van der Waals surface area contributed by atoms with Crippen LogP contribution in [0.3, 0.4) is 0 Å². The molecular formula is C17H20N2O2S2. The van der Waals surface area contributed by atoms with Gasteiger partial charge >= 0.3 is 6.09 Å². The first-order chi connectivity index (χ1) is 11.3. The molecule has 2 aromatic rings. The van der Waals surface area contributed by atoms with Gasteiger partial charge in [0.1, 0.15) is 0 Å². The summed E-state index contributed by atoms with van der Waals surface area (Å²) in [6.45, 7) is 0. The molecule has 122 valence electrons. The Labute approximate surface area is 143 Å². The molecule has 2 aliphatic heterocycles. The van der Waals surface area contributed by atoms with E-state index in [2.05, 4.69) is 10.6 Å². The number of fused-ring (bicyclic) bond motifs is 2. The fourth-order valence-electron chi connectivity index (χ4n) is 3.64. The SMILES string of the molecule is O=C(NC1CC2CCC(C1)N2)OC(c1ccsc1)c1cccs1. The van der Waals surface area contributed by atoms with Crippen LogP contribution in [-0.4, -0.2) is 24.2 Å². The highest BCUT2D eigenvalue weighted by molar-refractivity contribution is 7.10. The molecular weight excluding hydrogens is 328 g/mol. The van der Waals surface area contributed by atoms with Crippen molar-refractivity contribution in [2.45, 2.75) is 49.9 Å². The van der Waals surface area contributed by atoms with Gasteiger partial charge in [0.2, 0.25) is 0 Å². The number of hydrogen-bond donors (Lipinski definition) is 2. The predicted molar refractivity (Wildman–Crippen MR) is 93.1 cm³/mol. The molecule has 2 fully saturated rings. The van der Waals surface area contributed by atoms with Crippen LogP contribution in [0.2, 0.25) is 0 Å². The van der Waals surface area contributed by atoms with Gasteiger partial charge < -0.3 is 15.4 Å². The summed E-state index contributed by atoms with van der Waals surface area (Å²) in [6, 6.07) is 7.38. The second-order valence-corrected chi connectivity index (χ2v) is 8.07. The van der Waals surface area contributed by atoms with Crippen molar-refractivity contribution in [3.63, 3.8) is 0 Å². The van der Waals surface area contributed by atoms with Crippen LogP contribution >= 0.6 is 22.7 Å². The number of nitrogens with one attached hydrogen (secondary N) is 2.